The van der Waals surface area contributed by atoms with Crippen molar-refractivity contribution in [1.82, 2.24) is 4.72 Å². The lowest BCUT2D eigenvalue weighted by molar-refractivity contribution is 0.623. The van der Waals surface area contributed by atoms with E-state index in [0.29, 0.717) is 5.02 Å². The Hall–Kier alpha value is -1.16. The third kappa shape index (κ3) is 4.40. The second-order valence-electron chi connectivity index (χ2n) is 5.89. The Balaban J connectivity index is 2.36. The summed E-state index contributed by atoms with van der Waals surface area (Å²) in [4.78, 5) is 0. The molecule has 0 amide bonds. The molecule has 0 aromatic heterocycles. The van der Waals surface area contributed by atoms with E-state index >= 15 is 0 Å². The van der Waals surface area contributed by atoms with E-state index in [1.807, 2.05) is 75.4 Å². The zero-order chi connectivity index (χ0) is 15.5. The van der Waals surface area contributed by atoms with Gasteiger partial charge in [-0.3, -0.25) is 0 Å². The van der Waals surface area contributed by atoms with E-state index in [1.54, 1.807) is 0 Å². The van der Waals surface area contributed by atoms with Gasteiger partial charge in [0.2, 0.25) is 0 Å². The molecule has 0 saturated carbocycles. The van der Waals surface area contributed by atoms with Gasteiger partial charge in [0, 0.05) is 5.02 Å². The predicted molar refractivity (Wildman–Crippen MR) is 90.8 cm³/mol. The third-order valence-corrected chi connectivity index (χ3v) is 4.93. The fourth-order valence-electron chi connectivity index (χ4n) is 1.91. The lowest BCUT2D eigenvalue weighted by Crippen LogP contribution is -2.36. The molecule has 0 spiro atoms. The zero-order valence-electron chi connectivity index (χ0n) is 12.5. The molecule has 0 aliphatic heterocycles. The number of rotatable bonds is 4. The summed E-state index contributed by atoms with van der Waals surface area (Å²) in [5.74, 6) is 0. The topological polar surface area (TPSA) is 29.1 Å². The van der Waals surface area contributed by atoms with Crippen LogP contribution in [0.3, 0.4) is 0 Å². The van der Waals surface area contributed by atoms with Crippen molar-refractivity contribution in [3.8, 4) is 0 Å². The summed E-state index contributed by atoms with van der Waals surface area (Å²) in [6, 6.07) is 17.5. The van der Waals surface area contributed by atoms with Gasteiger partial charge in [-0.05, 0) is 44.0 Å². The van der Waals surface area contributed by atoms with Crippen molar-refractivity contribution in [3.05, 3.63) is 70.7 Å². The average molecular weight is 322 g/mol. The van der Waals surface area contributed by atoms with Crippen LogP contribution in [-0.2, 0) is 11.0 Å². The highest BCUT2D eigenvalue weighted by Gasteiger charge is 2.24. The Bertz CT molecular complexity index is 605. The number of halogens is 1. The van der Waals surface area contributed by atoms with Crippen LogP contribution in [0.5, 0.6) is 0 Å². The van der Waals surface area contributed by atoms with Gasteiger partial charge >= 0.3 is 0 Å². The van der Waals surface area contributed by atoms with Gasteiger partial charge in [0.05, 0.1) is 21.8 Å². The number of hydrogen-bond acceptors (Lipinski definition) is 1. The number of nitrogens with one attached hydrogen (secondary N) is 1. The second-order valence-corrected chi connectivity index (χ2v) is 8.33. The van der Waals surface area contributed by atoms with E-state index in [-0.39, 0.29) is 10.8 Å². The van der Waals surface area contributed by atoms with Crippen LogP contribution in [0, 0.1) is 0 Å². The van der Waals surface area contributed by atoms with Crippen LogP contribution in [0.2, 0.25) is 5.02 Å². The fraction of sp³-hybridized carbons (Fsp3) is 0.294. The van der Waals surface area contributed by atoms with Crippen molar-refractivity contribution >= 4 is 22.6 Å². The normalized spacial score (nSPS) is 14.7. The summed E-state index contributed by atoms with van der Waals surface area (Å²) in [7, 11) is -1.16. The van der Waals surface area contributed by atoms with Crippen molar-refractivity contribution in [2.24, 2.45) is 0 Å². The minimum absolute atomic E-state index is 0.122. The van der Waals surface area contributed by atoms with Crippen LogP contribution in [-0.4, -0.2) is 8.96 Å². The van der Waals surface area contributed by atoms with Crippen LogP contribution >= 0.6 is 11.6 Å². The molecule has 4 heteroatoms. The van der Waals surface area contributed by atoms with E-state index < -0.39 is 11.0 Å². The molecule has 2 nitrogen and oxygen atoms in total. The Morgan fingerprint density at radius 2 is 1.48 bits per heavy atom. The first kappa shape index (κ1) is 16.2. The standard InChI is InChI=1S/C17H20ClNOS/c1-17(2,3)21(20)19-16(13-7-5-4-6-8-13)14-9-11-15(18)12-10-14/h4-12,16,19H,1-3H3/t16-,21?/m1/s1. The molecule has 2 atom stereocenters. The lowest BCUT2D eigenvalue weighted by Gasteiger charge is -2.25. The van der Waals surface area contributed by atoms with Gasteiger partial charge in [0.15, 0.2) is 0 Å². The Morgan fingerprint density at radius 3 is 2.00 bits per heavy atom. The predicted octanol–water partition coefficient (Wildman–Crippen LogP) is 4.48. The minimum atomic E-state index is -1.16. The molecule has 2 aromatic carbocycles. The average Bonchev–Trinajstić information content (AvgIpc) is 2.45. The first-order valence-electron chi connectivity index (χ1n) is 6.86. The second kappa shape index (κ2) is 6.73. The molecule has 1 unspecified atom stereocenters. The van der Waals surface area contributed by atoms with Gasteiger partial charge in [-0.2, -0.15) is 0 Å². The first-order valence-corrected chi connectivity index (χ1v) is 8.39. The lowest BCUT2D eigenvalue weighted by atomic mass is 10.00. The highest BCUT2D eigenvalue weighted by atomic mass is 35.5. The van der Waals surface area contributed by atoms with Crippen molar-refractivity contribution in [2.45, 2.75) is 31.6 Å². The summed E-state index contributed by atoms with van der Waals surface area (Å²) in [6.45, 7) is 5.88. The van der Waals surface area contributed by atoms with E-state index in [0.717, 1.165) is 11.1 Å². The van der Waals surface area contributed by atoms with Gasteiger partial charge in [-0.15, -0.1) is 0 Å². The summed E-state index contributed by atoms with van der Waals surface area (Å²) < 4.78 is 15.4. The van der Waals surface area contributed by atoms with E-state index in [2.05, 4.69) is 4.72 Å². The Kier molecular flexibility index (Phi) is 5.20. The van der Waals surface area contributed by atoms with Gasteiger partial charge < -0.3 is 0 Å². The maximum Gasteiger partial charge on any atom is 0.0979 e. The van der Waals surface area contributed by atoms with Crippen LogP contribution in [0.4, 0.5) is 0 Å². The molecule has 0 aliphatic rings. The number of hydrogen-bond donors (Lipinski definition) is 1. The molecule has 0 saturated heterocycles. The molecule has 0 radical (unpaired) electrons. The maximum atomic E-state index is 12.5. The molecular formula is C17H20ClNOS. The highest BCUT2D eigenvalue weighted by molar-refractivity contribution is 7.84. The van der Waals surface area contributed by atoms with E-state index in [9.17, 15) is 4.21 Å². The maximum absolute atomic E-state index is 12.5. The monoisotopic (exact) mass is 321 g/mol. The van der Waals surface area contributed by atoms with Crippen LogP contribution in [0.1, 0.15) is 37.9 Å². The molecule has 0 fully saturated rings. The van der Waals surface area contributed by atoms with Crippen LogP contribution < -0.4 is 4.72 Å². The van der Waals surface area contributed by atoms with Crippen molar-refractivity contribution in [3.63, 3.8) is 0 Å². The molecule has 112 valence electrons. The molecule has 0 bridgehead atoms. The fourth-order valence-corrected chi connectivity index (χ4v) is 2.88. The number of benzene rings is 2. The quantitative estimate of drug-likeness (QED) is 0.883. The van der Waals surface area contributed by atoms with Gasteiger partial charge in [0.1, 0.15) is 0 Å². The molecule has 21 heavy (non-hydrogen) atoms. The molecule has 2 aromatic rings. The summed E-state index contributed by atoms with van der Waals surface area (Å²) in [6.07, 6.45) is 0. The van der Waals surface area contributed by atoms with Crippen molar-refractivity contribution in [2.75, 3.05) is 0 Å². The SMILES string of the molecule is CC(C)(C)S(=O)N[C@H](c1ccccc1)c1ccc(Cl)cc1. The van der Waals surface area contributed by atoms with Crippen LogP contribution in [0.15, 0.2) is 54.6 Å². The van der Waals surface area contributed by atoms with E-state index in [4.69, 9.17) is 11.6 Å². The van der Waals surface area contributed by atoms with Gasteiger partial charge in [-0.25, -0.2) is 8.93 Å². The zero-order valence-corrected chi connectivity index (χ0v) is 14.0. The van der Waals surface area contributed by atoms with Crippen molar-refractivity contribution < 1.29 is 4.21 Å². The summed E-state index contributed by atoms with van der Waals surface area (Å²) in [5.41, 5.74) is 2.13. The Morgan fingerprint density at radius 1 is 0.952 bits per heavy atom. The summed E-state index contributed by atoms with van der Waals surface area (Å²) in [5, 5.41) is 0.697. The summed E-state index contributed by atoms with van der Waals surface area (Å²) >= 11 is 5.96. The minimum Gasteiger partial charge on any atom is -0.242 e. The highest BCUT2D eigenvalue weighted by Crippen LogP contribution is 2.25. The Labute approximate surface area is 134 Å². The smallest absolute Gasteiger partial charge is 0.0979 e. The van der Waals surface area contributed by atoms with E-state index in [1.165, 1.54) is 0 Å². The van der Waals surface area contributed by atoms with Crippen molar-refractivity contribution in [1.29, 1.82) is 0 Å². The molecule has 0 heterocycles. The van der Waals surface area contributed by atoms with Gasteiger partial charge in [-0.1, -0.05) is 54.1 Å². The molecule has 2 rings (SSSR count). The molecule has 1 N–H and O–H groups in total. The molecular weight excluding hydrogens is 302 g/mol. The third-order valence-electron chi connectivity index (χ3n) is 3.12. The first-order chi connectivity index (χ1) is 9.88. The van der Waals surface area contributed by atoms with Crippen LogP contribution in [0.25, 0.3) is 0 Å². The van der Waals surface area contributed by atoms with Gasteiger partial charge in [0.25, 0.3) is 0 Å². The molecule has 0 aliphatic carbocycles. The largest absolute Gasteiger partial charge is 0.242 e.